The van der Waals surface area contributed by atoms with E-state index < -0.39 is 0 Å². The van der Waals surface area contributed by atoms with Crippen LogP contribution in [0.4, 0.5) is 0 Å². The highest BCUT2D eigenvalue weighted by molar-refractivity contribution is 7.11. The molecule has 0 radical (unpaired) electrons. The second kappa shape index (κ2) is 7.15. The van der Waals surface area contributed by atoms with E-state index in [1.54, 1.807) is 6.92 Å². The molecule has 2 N–H and O–H groups in total. The fourth-order valence-corrected chi connectivity index (χ4v) is 3.43. The van der Waals surface area contributed by atoms with Crippen LogP contribution < -0.4 is 5.73 Å². The van der Waals surface area contributed by atoms with E-state index in [2.05, 4.69) is 16.8 Å². The lowest BCUT2D eigenvalue weighted by Crippen LogP contribution is -2.48. The highest BCUT2D eigenvalue weighted by atomic mass is 32.1. The fraction of sp³-hybridized carbons (Fsp3) is 0.714. The maximum atomic E-state index is 11.6. The van der Waals surface area contributed by atoms with Gasteiger partial charge >= 0.3 is 5.97 Å². The first-order chi connectivity index (χ1) is 9.65. The highest BCUT2D eigenvalue weighted by Gasteiger charge is 2.27. The van der Waals surface area contributed by atoms with Gasteiger partial charge in [-0.2, -0.15) is 0 Å². The Morgan fingerprint density at radius 1 is 1.60 bits per heavy atom. The van der Waals surface area contributed by atoms with Gasteiger partial charge in [-0.25, -0.2) is 9.78 Å². The first-order valence-corrected chi connectivity index (χ1v) is 8.11. The van der Waals surface area contributed by atoms with Gasteiger partial charge in [-0.05, 0) is 26.7 Å². The molecule has 0 bridgehead atoms. The Balaban J connectivity index is 2.03. The van der Waals surface area contributed by atoms with Gasteiger partial charge in [-0.15, -0.1) is 11.3 Å². The average Bonchev–Trinajstić information content (AvgIpc) is 2.90. The Hall–Kier alpha value is -0.980. The molecule has 112 valence electrons. The lowest BCUT2D eigenvalue weighted by atomic mass is 9.96. The number of rotatable bonds is 5. The van der Waals surface area contributed by atoms with E-state index in [1.165, 1.54) is 24.2 Å². The van der Waals surface area contributed by atoms with Crippen LogP contribution in [-0.2, 0) is 11.3 Å². The summed E-state index contributed by atoms with van der Waals surface area (Å²) in [6, 6.07) is 0.941. The number of nitrogens with two attached hydrogens (primary N) is 1. The quantitative estimate of drug-likeness (QED) is 0.842. The second-order valence-electron chi connectivity index (χ2n) is 5.21. The van der Waals surface area contributed by atoms with Gasteiger partial charge in [0.25, 0.3) is 0 Å². The van der Waals surface area contributed by atoms with Crippen LogP contribution >= 0.6 is 11.3 Å². The molecule has 0 aromatic carbocycles. The van der Waals surface area contributed by atoms with Crippen molar-refractivity contribution >= 4 is 17.3 Å². The third-order valence-electron chi connectivity index (χ3n) is 3.81. The Kier molecular flexibility index (Phi) is 5.51. The molecule has 2 unspecified atom stereocenters. The molecule has 1 saturated heterocycles. The number of carbonyl (C=O) groups is 1. The lowest BCUT2D eigenvalue weighted by Gasteiger charge is -2.39. The van der Waals surface area contributed by atoms with Crippen LogP contribution in [-0.4, -0.2) is 41.1 Å². The molecule has 1 fully saturated rings. The summed E-state index contributed by atoms with van der Waals surface area (Å²) in [4.78, 5) is 18.4. The van der Waals surface area contributed by atoms with Gasteiger partial charge in [0.2, 0.25) is 5.01 Å². The van der Waals surface area contributed by atoms with Gasteiger partial charge in [0.1, 0.15) is 0 Å². The molecule has 1 aromatic rings. The van der Waals surface area contributed by atoms with E-state index in [1.807, 2.05) is 5.38 Å². The van der Waals surface area contributed by atoms with E-state index in [4.69, 9.17) is 10.5 Å². The maximum Gasteiger partial charge on any atom is 0.367 e. The van der Waals surface area contributed by atoms with E-state index in [0.29, 0.717) is 30.2 Å². The van der Waals surface area contributed by atoms with E-state index in [-0.39, 0.29) is 5.97 Å². The molecule has 0 aliphatic carbocycles. The molecule has 2 heterocycles. The number of thiazole rings is 1. The summed E-state index contributed by atoms with van der Waals surface area (Å²) in [5.41, 5.74) is 6.80. The summed E-state index contributed by atoms with van der Waals surface area (Å²) in [6.45, 7) is 5.86. The van der Waals surface area contributed by atoms with E-state index >= 15 is 0 Å². The minimum atomic E-state index is -0.328. The molecule has 1 aliphatic rings. The zero-order chi connectivity index (χ0) is 14.5. The third kappa shape index (κ3) is 3.56. The van der Waals surface area contributed by atoms with E-state index in [0.717, 1.165) is 18.7 Å². The SMILES string of the molecule is CCOC(=O)c1nc(CN2C(C)CCCC2CN)cs1. The summed E-state index contributed by atoms with van der Waals surface area (Å²) in [5.74, 6) is -0.328. The molecule has 1 aromatic heterocycles. The van der Waals surface area contributed by atoms with Gasteiger partial charge in [0.05, 0.1) is 12.3 Å². The first kappa shape index (κ1) is 15.4. The Labute approximate surface area is 124 Å². The standard InChI is InChI=1S/C14H23N3O2S/c1-3-19-14(18)13-16-11(9-20-13)8-17-10(2)5-4-6-12(17)7-15/h9-10,12H,3-8,15H2,1-2H3. The van der Waals surface area contributed by atoms with Gasteiger partial charge < -0.3 is 10.5 Å². The van der Waals surface area contributed by atoms with Crippen molar-refractivity contribution in [2.45, 2.75) is 51.7 Å². The molecule has 1 aliphatic heterocycles. The molecule has 2 atom stereocenters. The van der Waals surface area contributed by atoms with Crippen molar-refractivity contribution in [3.63, 3.8) is 0 Å². The summed E-state index contributed by atoms with van der Waals surface area (Å²) >= 11 is 1.35. The second-order valence-corrected chi connectivity index (χ2v) is 6.06. The normalized spacial score (nSPS) is 23.8. The monoisotopic (exact) mass is 297 g/mol. The number of ether oxygens (including phenoxy) is 1. The number of nitrogens with zero attached hydrogens (tertiary/aromatic N) is 2. The molecule has 0 saturated carbocycles. The number of hydrogen-bond acceptors (Lipinski definition) is 6. The summed E-state index contributed by atoms with van der Waals surface area (Å²) in [6.07, 6.45) is 3.59. The fourth-order valence-electron chi connectivity index (χ4n) is 2.73. The van der Waals surface area contributed by atoms with Crippen LogP contribution in [0, 0.1) is 0 Å². The van der Waals surface area contributed by atoms with E-state index in [9.17, 15) is 4.79 Å². The summed E-state index contributed by atoms with van der Waals surface area (Å²) in [7, 11) is 0. The Morgan fingerprint density at radius 3 is 3.10 bits per heavy atom. The van der Waals surface area contributed by atoms with Gasteiger partial charge in [-0.3, -0.25) is 4.90 Å². The van der Waals surface area contributed by atoms with Crippen molar-refractivity contribution in [2.24, 2.45) is 5.73 Å². The van der Waals surface area contributed by atoms with Gasteiger partial charge in [0, 0.05) is 30.6 Å². The number of carbonyl (C=O) groups excluding carboxylic acids is 1. The molecular formula is C14H23N3O2S. The Bertz CT molecular complexity index is 449. The molecule has 6 heteroatoms. The van der Waals surface area contributed by atoms with Crippen LogP contribution in [0.2, 0.25) is 0 Å². The number of esters is 1. The minimum Gasteiger partial charge on any atom is -0.461 e. The number of hydrogen-bond donors (Lipinski definition) is 1. The van der Waals surface area contributed by atoms with Gasteiger partial charge in [-0.1, -0.05) is 6.42 Å². The number of piperidine rings is 1. The predicted molar refractivity (Wildman–Crippen MR) is 79.8 cm³/mol. The first-order valence-electron chi connectivity index (χ1n) is 7.23. The molecule has 0 amide bonds. The minimum absolute atomic E-state index is 0.328. The lowest BCUT2D eigenvalue weighted by molar-refractivity contribution is 0.0524. The van der Waals surface area contributed by atoms with Crippen LogP contribution in [0.15, 0.2) is 5.38 Å². The maximum absolute atomic E-state index is 11.6. The molecule has 5 nitrogen and oxygen atoms in total. The van der Waals surface area contributed by atoms with Crippen molar-refractivity contribution in [1.82, 2.24) is 9.88 Å². The largest absolute Gasteiger partial charge is 0.461 e. The van der Waals surface area contributed by atoms with Crippen molar-refractivity contribution in [3.05, 3.63) is 16.1 Å². The Morgan fingerprint density at radius 2 is 2.40 bits per heavy atom. The van der Waals surface area contributed by atoms with Crippen LogP contribution in [0.25, 0.3) is 0 Å². The van der Waals surface area contributed by atoms with Crippen molar-refractivity contribution in [2.75, 3.05) is 13.2 Å². The summed E-state index contributed by atoms with van der Waals surface area (Å²) < 4.78 is 4.97. The molecule has 0 spiro atoms. The van der Waals surface area contributed by atoms with Crippen LogP contribution in [0.5, 0.6) is 0 Å². The zero-order valence-corrected chi connectivity index (χ0v) is 13.0. The topological polar surface area (TPSA) is 68.5 Å². The predicted octanol–water partition coefficient (Wildman–Crippen LogP) is 2.02. The van der Waals surface area contributed by atoms with Crippen molar-refractivity contribution < 1.29 is 9.53 Å². The average molecular weight is 297 g/mol. The van der Waals surface area contributed by atoms with Crippen LogP contribution in [0.1, 0.15) is 48.6 Å². The smallest absolute Gasteiger partial charge is 0.367 e. The number of aromatic nitrogens is 1. The van der Waals surface area contributed by atoms with Gasteiger partial charge in [0.15, 0.2) is 0 Å². The zero-order valence-electron chi connectivity index (χ0n) is 12.2. The summed E-state index contributed by atoms with van der Waals surface area (Å²) in [5, 5.41) is 2.39. The van der Waals surface area contributed by atoms with Crippen LogP contribution in [0.3, 0.4) is 0 Å². The number of likely N-dealkylation sites (tertiary alicyclic amines) is 1. The molecule has 2 rings (SSSR count). The molecule has 20 heavy (non-hydrogen) atoms. The third-order valence-corrected chi connectivity index (χ3v) is 4.68. The van der Waals surface area contributed by atoms with Crippen molar-refractivity contribution in [3.8, 4) is 0 Å². The highest BCUT2D eigenvalue weighted by Crippen LogP contribution is 2.25. The van der Waals surface area contributed by atoms with Crippen molar-refractivity contribution in [1.29, 1.82) is 0 Å². The molecular weight excluding hydrogens is 274 g/mol.